The van der Waals surface area contributed by atoms with Gasteiger partial charge in [0.1, 0.15) is 12.4 Å². The Balaban J connectivity index is 1.47. The molecule has 0 radical (unpaired) electrons. The molecule has 2 aromatic rings. The predicted octanol–water partition coefficient (Wildman–Crippen LogP) is 4.51. The number of halogens is 6. The molecule has 1 unspecified atom stereocenters. The lowest BCUT2D eigenvalue weighted by molar-refractivity contribution is -0.361. The first-order valence-electron chi connectivity index (χ1n) is 11.2. The van der Waals surface area contributed by atoms with E-state index in [2.05, 4.69) is 4.74 Å². The molecule has 0 saturated carbocycles. The lowest BCUT2D eigenvalue weighted by Gasteiger charge is -2.44. The Kier molecular flexibility index (Phi) is 7.02. The van der Waals surface area contributed by atoms with Gasteiger partial charge in [-0.2, -0.15) is 34.8 Å². The van der Waals surface area contributed by atoms with Crippen molar-refractivity contribution >= 4 is 22.1 Å². The van der Waals surface area contributed by atoms with Crippen molar-refractivity contribution in [1.29, 1.82) is 0 Å². The second kappa shape index (κ2) is 9.56. The first kappa shape index (κ1) is 27.9. The van der Waals surface area contributed by atoms with E-state index in [1.165, 1.54) is 0 Å². The lowest BCUT2D eigenvalue weighted by Crippen LogP contribution is -2.63. The Morgan fingerprint density at radius 3 is 1.79 bits per heavy atom. The van der Waals surface area contributed by atoms with Crippen molar-refractivity contribution in [2.24, 2.45) is 5.92 Å². The monoisotopic (exact) mass is 566 g/mol. The van der Waals surface area contributed by atoms with E-state index in [-0.39, 0.29) is 5.92 Å². The zero-order valence-corrected chi connectivity index (χ0v) is 20.1. The molecule has 0 fully saturated rings. The molecule has 206 valence electrons. The average molecular weight is 566 g/mol. The number of benzene rings is 2. The normalized spacial score (nSPS) is 20.9. The molecule has 7 nitrogen and oxygen atoms in total. The van der Waals surface area contributed by atoms with Crippen molar-refractivity contribution in [3.05, 3.63) is 70.8 Å². The smallest absolute Gasteiger partial charge is 0.438 e. The van der Waals surface area contributed by atoms with E-state index in [1.54, 1.807) is 12.1 Å². The van der Waals surface area contributed by atoms with Gasteiger partial charge in [0.25, 0.3) is 10.1 Å². The fourth-order valence-electron chi connectivity index (χ4n) is 5.18. The minimum absolute atomic E-state index is 0.130. The highest BCUT2D eigenvalue weighted by atomic mass is 32.2. The summed E-state index contributed by atoms with van der Waals surface area (Å²) in [5, 5.41) is 0. The zero-order valence-electron chi connectivity index (χ0n) is 19.3. The van der Waals surface area contributed by atoms with Gasteiger partial charge in [-0.15, -0.1) is 0 Å². The maximum atomic E-state index is 13.3. The van der Waals surface area contributed by atoms with Crippen LogP contribution in [0.5, 0.6) is 0 Å². The number of carbonyl (C=O) groups is 2. The summed E-state index contributed by atoms with van der Waals surface area (Å²) in [7, 11) is -5.90. The van der Waals surface area contributed by atoms with Gasteiger partial charge in [-0.1, -0.05) is 48.5 Å². The number of esters is 2. The van der Waals surface area contributed by atoms with Crippen LogP contribution >= 0.6 is 0 Å². The van der Waals surface area contributed by atoms with E-state index in [0.29, 0.717) is 6.42 Å². The third-order valence-corrected chi connectivity index (χ3v) is 7.52. The number of fused-ring (bicyclic) bond motifs is 1. The van der Waals surface area contributed by atoms with Crippen LogP contribution in [0.25, 0.3) is 0 Å². The molecule has 1 atom stereocenters. The van der Waals surface area contributed by atoms with Gasteiger partial charge in [0.15, 0.2) is 0 Å². The molecule has 0 aromatic heterocycles. The molecule has 38 heavy (non-hydrogen) atoms. The molecule has 3 aliphatic carbocycles. The summed E-state index contributed by atoms with van der Waals surface area (Å²) in [6.45, 7) is -0.910. The maximum absolute atomic E-state index is 13.3. The van der Waals surface area contributed by atoms with Crippen LogP contribution < -0.4 is 0 Å². The summed E-state index contributed by atoms with van der Waals surface area (Å²) in [5.74, 6) is -7.16. The number of rotatable bonds is 7. The summed E-state index contributed by atoms with van der Waals surface area (Å²) in [4.78, 5) is 24.9. The molecular formula is C24H20F6O7S. The van der Waals surface area contributed by atoms with Crippen LogP contribution in [0.15, 0.2) is 48.5 Å². The van der Waals surface area contributed by atoms with Gasteiger partial charge in [0, 0.05) is 11.8 Å². The summed E-state index contributed by atoms with van der Waals surface area (Å²) >= 11 is 0. The Morgan fingerprint density at radius 1 is 0.868 bits per heavy atom. The van der Waals surface area contributed by atoms with Crippen LogP contribution in [-0.4, -0.2) is 55.2 Å². The van der Waals surface area contributed by atoms with Crippen molar-refractivity contribution in [3.63, 3.8) is 0 Å². The number of alkyl halides is 6. The Labute approximate surface area is 212 Å². The quantitative estimate of drug-likeness (QED) is 0.299. The van der Waals surface area contributed by atoms with Gasteiger partial charge < -0.3 is 9.47 Å². The van der Waals surface area contributed by atoms with Gasteiger partial charge in [-0.3, -0.25) is 14.1 Å². The van der Waals surface area contributed by atoms with Crippen LogP contribution in [0, 0.1) is 5.92 Å². The van der Waals surface area contributed by atoms with Crippen LogP contribution in [0.4, 0.5) is 26.3 Å². The largest absolute Gasteiger partial charge is 0.465 e. The summed E-state index contributed by atoms with van der Waals surface area (Å²) in [5.41, 5.74) is -1.63. The number of ether oxygens (including phenoxy) is 2. The molecule has 2 bridgehead atoms. The van der Waals surface area contributed by atoms with Crippen LogP contribution in [0.1, 0.15) is 46.9 Å². The molecule has 5 rings (SSSR count). The topological polar surface area (TPSA) is 107 Å². The first-order chi connectivity index (χ1) is 17.6. The van der Waals surface area contributed by atoms with E-state index >= 15 is 0 Å². The fraction of sp³-hybridized carbons (Fsp3) is 0.417. The summed E-state index contributed by atoms with van der Waals surface area (Å²) in [6.07, 6.45) is -13.7. The van der Waals surface area contributed by atoms with E-state index in [4.69, 9.17) is 9.29 Å². The molecule has 3 aliphatic rings. The van der Waals surface area contributed by atoms with Crippen molar-refractivity contribution in [2.75, 3.05) is 12.4 Å². The second-order valence-corrected chi connectivity index (χ2v) is 10.5. The van der Waals surface area contributed by atoms with Crippen LogP contribution in [-0.2, 0) is 29.2 Å². The maximum Gasteiger partial charge on any atom is 0.438 e. The Bertz CT molecular complexity index is 1290. The van der Waals surface area contributed by atoms with Gasteiger partial charge >= 0.3 is 29.9 Å². The average Bonchev–Trinajstić information content (AvgIpc) is 2.81. The summed E-state index contributed by atoms with van der Waals surface area (Å²) < 4.78 is 119. The predicted molar refractivity (Wildman–Crippen MR) is 118 cm³/mol. The SMILES string of the molecule is O=C(CCOC(=O)C1CC2c3ccccc3C1c1ccccc12)OC(CS(=O)(=O)O)(C(F)(F)F)C(F)(F)F. The first-order valence-corrected chi connectivity index (χ1v) is 12.8. The van der Waals surface area contributed by atoms with Gasteiger partial charge in [0.05, 0.1) is 12.3 Å². The molecule has 0 amide bonds. The fourth-order valence-corrected chi connectivity index (χ4v) is 6.08. The van der Waals surface area contributed by atoms with Gasteiger partial charge in [0.2, 0.25) is 0 Å². The second-order valence-electron chi connectivity index (χ2n) is 9.07. The van der Waals surface area contributed by atoms with Crippen molar-refractivity contribution in [3.8, 4) is 0 Å². The third-order valence-electron chi connectivity index (χ3n) is 6.75. The van der Waals surface area contributed by atoms with Crippen LogP contribution in [0.2, 0.25) is 0 Å². The highest BCUT2D eigenvalue weighted by molar-refractivity contribution is 7.85. The van der Waals surface area contributed by atoms with Gasteiger partial charge in [-0.05, 0) is 28.7 Å². The Morgan fingerprint density at radius 2 is 1.34 bits per heavy atom. The number of carbonyl (C=O) groups excluding carboxylic acids is 2. The zero-order chi connectivity index (χ0) is 28.1. The molecule has 2 aromatic carbocycles. The minimum atomic E-state index is -6.44. The van der Waals surface area contributed by atoms with E-state index < -0.39 is 70.6 Å². The van der Waals surface area contributed by atoms with E-state index in [1.807, 2.05) is 36.4 Å². The molecule has 14 heteroatoms. The molecular weight excluding hydrogens is 546 g/mol. The Hall–Kier alpha value is -3.13. The molecule has 0 saturated heterocycles. The van der Waals surface area contributed by atoms with Crippen LogP contribution in [0.3, 0.4) is 0 Å². The summed E-state index contributed by atoms with van der Waals surface area (Å²) in [6, 6.07) is 15.0. The lowest BCUT2D eigenvalue weighted by atomic mass is 9.59. The highest BCUT2D eigenvalue weighted by Crippen LogP contribution is 2.55. The minimum Gasteiger partial charge on any atom is -0.465 e. The molecule has 1 N–H and O–H groups in total. The standard InChI is InChI=1S/C24H20F6O7S/c25-23(26,27)22(24(28,29)30,12-38(33,34)35)37-19(31)9-10-36-21(32)18-11-17-13-5-1-3-7-15(13)20(18)16-8-4-2-6-14(16)17/h1-8,17-18,20H,9-12H2,(H,33,34,35). The van der Waals surface area contributed by atoms with Crippen molar-refractivity contribution < 1.29 is 58.4 Å². The highest BCUT2D eigenvalue weighted by Gasteiger charge is 2.75. The molecule has 0 heterocycles. The molecule has 0 aliphatic heterocycles. The van der Waals surface area contributed by atoms with E-state index in [9.17, 15) is 44.3 Å². The van der Waals surface area contributed by atoms with Gasteiger partial charge in [-0.25, -0.2) is 0 Å². The van der Waals surface area contributed by atoms with Crippen molar-refractivity contribution in [1.82, 2.24) is 0 Å². The number of hydrogen-bond donors (Lipinski definition) is 1. The van der Waals surface area contributed by atoms with E-state index in [0.717, 1.165) is 22.3 Å². The third kappa shape index (κ3) is 4.98. The number of hydrogen-bond acceptors (Lipinski definition) is 6. The van der Waals surface area contributed by atoms with Crippen molar-refractivity contribution in [2.45, 2.75) is 42.6 Å². The molecule has 0 spiro atoms.